The van der Waals surface area contributed by atoms with Crippen LogP contribution in [0.1, 0.15) is 24.5 Å². The van der Waals surface area contributed by atoms with Gasteiger partial charge in [0, 0.05) is 18.9 Å². The summed E-state index contributed by atoms with van der Waals surface area (Å²) in [5.74, 6) is 0. The number of imidazole rings is 1. The molecule has 0 unspecified atom stereocenters. The molecule has 0 saturated carbocycles. The standard InChI is InChI=1S/C14H18N2O/c1-3-8-15-9-10-16(14(15)17)11-13-6-4-12(2)5-7-13/h4-7,9-10H,3,8,11H2,1-2H3. The zero-order chi connectivity index (χ0) is 12.3. The van der Waals surface area contributed by atoms with Gasteiger partial charge < -0.3 is 0 Å². The zero-order valence-electron chi connectivity index (χ0n) is 10.4. The van der Waals surface area contributed by atoms with E-state index in [2.05, 4.69) is 38.1 Å². The van der Waals surface area contributed by atoms with Gasteiger partial charge in [-0.25, -0.2) is 4.79 Å². The van der Waals surface area contributed by atoms with Gasteiger partial charge in [0.2, 0.25) is 0 Å². The molecule has 0 saturated heterocycles. The van der Waals surface area contributed by atoms with Gasteiger partial charge in [-0.3, -0.25) is 9.13 Å². The second kappa shape index (κ2) is 5.04. The molecule has 1 aromatic heterocycles. The minimum absolute atomic E-state index is 0.0763. The summed E-state index contributed by atoms with van der Waals surface area (Å²) in [6, 6.07) is 8.28. The summed E-state index contributed by atoms with van der Waals surface area (Å²) in [7, 11) is 0. The third kappa shape index (κ3) is 2.67. The van der Waals surface area contributed by atoms with Gasteiger partial charge in [-0.2, -0.15) is 0 Å². The van der Waals surface area contributed by atoms with E-state index in [1.807, 2.05) is 12.4 Å². The van der Waals surface area contributed by atoms with Gasteiger partial charge in [-0.15, -0.1) is 0 Å². The fraction of sp³-hybridized carbons (Fsp3) is 0.357. The Morgan fingerprint density at radius 3 is 2.35 bits per heavy atom. The first-order valence-electron chi connectivity index (χ1n) is 6.02. The maximum Gasteiger partial charge on any atom is 0.328 e. The number of rotatable bonds is 4. The van der Waals surface area contributed by atoms with Crippen LogP contribution in [0, 0.1) is 6.92 Å². The summed E-state index contributed by atoms with van der Waals surface area (Å²) in [5.41, 5.74) is 2.48. The summed E-state index contributed by atoms with van der Waals surface area (Å²) < 4.78 is 3.51. The average molecular weight is 230 g/mol. The maximum atomic E-state index is 12.0. The molecule has 0 bridgehead atoms. The van der Waals surface area contributed by atoms with Crippen molar-refractivity contribution in [1.29, 1.82) is 0 Å². The minimum Gasteiger partial charge on any atom is -0.299 e. The molecule has 0 N–H and O–H groups in total. The van der Waals surface area contributed by atoms with Crippen LogP contribution in [-0.4, -0.2) is 9.13 Å². The SMILES string of the molecule is CCCn1ccn(Cc2ccc(C)cc2)c1=O. The minimum atomic E-state index is 0.0763. The monoisotopic (exact) mass is 230 g/mol. The molecule has 3 heteroatoms. The van der Waals surface area contributed by atoms with Crippen LogP contribution in [0.25, 0.3) is 0 Å². The van der Waals surface area contributed by atoms with E-state index in [1.165, 1.54) is 5.56 Å². The molecule has 3 nitrogen and oxygen atoms in total. The van der Waals surface area contributed by atoms with E-state index in [4.69, 9.17) is 0 Å². The van der Waals surface area contributed by atoms with Crippen LogP contribution in [0.15, 0.2) is 41.5 Å². The molecular weight excluding hydrogens is 212 g/mol. The van der Waals surface area contributed by atoms with E-state index < -0.39 is 0 Å². The van der Waals surface area contributed by atoms with E-state index in [-0.39, 0.29) is 5.69 Å². The Hall–Kier alpha value is -1.77. The van der Waals surface area contributed by atoms with Crippen molar-refractivity contribution in [2.75, 3.05) is 0 Å². The molecule has 0 amide bonds. The first-order chi connectivity index (χ1) is 8.20. The number of aryl methyl sites for hydroxylation is 2. The first-order valence-corrected chi connectivity index (χ1v) is 6.02. The number of hydrogen-bond acceptors (Lipinski definition) is 1. The summed E-state index contributed by atoms with van der Waals surface area (Å²) in [6.45, 7) is 5.58. The summed E-state index contributed by atoms with van der Waals surface area (Å²) in [5, 5.41) is 0. The summed E-state index contributed by atoms with van der Waals surface area (Å²) >= 11 is 0. The largest absolute Gasteiger partial charge is 0.328 e. The van der Waals surface area contributed by atoms with Gasteiger partial charge in [0.05, 0.1) is 6.54 Å². The molecule has 0 fully saturated rings. The highest BCUT2D eigenvalue weighted by molar-refractivity contribution is 5.21. The molecule has 0 spiro atoms. The van der Waals surface area contributed by atoms with Crippen molar-refractivity contribution in [2.45, 2.75) is 33.4 Å². The number of benzene rings is 1. The van der Waals surface area contributed by atoms with Crippen LogP contribution in [0.2, 0.25) is 0 Å². The second-order valence-corrected chi connectivity index (χ2v) is 4.39. The van der Waals surface area contributed by atoms with Crippen molar-refractivity contribution >= 4 is 0 Å². The van der Waals surface area contributed by atoms with Gasteiger partial charge >= 0.3 is 5.69 Å². The second-order valence-electron chi connectivity index (χ2n) is 4.39. The lowest BCUT2D eigenvalue weighted by atomic mass is 10.1. The zero-order valence-corrected chi connectivity index (χ0v) is 10.4. The van der Waals surface area contributed by atoms with Gasteiger partial charge in [-0.05, 0) is 18.9 Å². The van der Waals surface area contributed by atoms with Crippen molar-refractivity contribution in [3.05, 3.63) is 58.3 Å². The highest BCUT2D eigenvalue weighted by Gasteiger charge is 2.02. The van der Waals surface area contributed by atoms with Crippen molar-refractivity contribution in [3.63, 3.8) is 0 Å². The van der Waals surface area contributed by atoms with Crippen LogP contribution >= 0.6 is 0 Å². The van der Waals surface area contributed by atoms with Gasteiger partial charge in [0.25, 0.3) is 0 Å². The third-order valence-electron chi connectivity index (χ3n) is 2.86. The molecule has 2 aromatic rings. The van der Waals surface area contributed by atoms with Crippen molar-refractivity contribution in [1.82, 2.24) is 9.13 Å². The average Bonchev–Trinajstić information content (AvgIpc) is 2.65. The Morgan fingerprint density at radius 2 is 1.71 bits per heavy atom. The predicted octanol–water partition coefficient (Wildman–Crippen LogP) is 2.42. The maximum absolute atomic E-state index is 12.0. The van der Waals surface area contributed by atoms with E-state index in [0.717, 1.165) is 18.5 Å². The fourth-order valence-electron chi connectivity index (χ4n) is 1.88. The highest BCUT2D eigenvalue weighted by Crippen LogP contribution is 2.04. The fourth-order valence-corrected chi connectivity index (χ4v) is 1.88. The van der Waals surface area contributed by atoms with Crippen LogP contribution in [-0.2, 0) is 13.1 Å². The summed E-state index contributed by atoms with van der Waals surface area (Å²) in [6.07, 6.45) is 4.70. The Balaban J connectivity index is 2.19. The third-order valence-corrected chi connectivity index (χ3v) is 2.86. The Kier molecular flexibility index (Phi) is 3.47. The van der Waals surface area contributed by atoms with Crippen LogP contribution in [0.3, 0.4) is 0 Å². The predicted molar refractivity (Wildman–Crippen MR) is 69.3 cm³/mol. The van der Waals surface area contributed by atoms with E-state index in [9.17, 15) is 4.79 Å². The Bertz CT molecular complexity index is 534. The van der Waals surface area contributed by atoms with Gasteiger partial charge in [0.1, 0.15) is 0 Å². The first kappa shape index (κ1) is 11.7. The molecule has 0 aliphatic rings. The number of aromatic nitrogens is 2. The van der Waals surface area contributed by atoms with Gasteiger partial charge in [0.15, 0.2) is 0 Å². The molecular formula is C14H18N2O. The normalized spacial score (nSPS) is 10.7. The molecule has 0 atom stereocenters. The molecule has 0 radical (unpaired) electrons. The molecule has 2 rings (SSSR count). The molecule has 1 heterocycles. The lowest BCUT2D eigenvalue weighted by Gasteiger charge is -2.02. The van der Waals surface area contributed by atoms with Crippen LogP contribution in [0.5, 0.6) is 0 Å². The van der Waals surface area contributed by atoms with Crippen molar-refractivity contribution in [3.8, 4) is 0 Å². The van der Waals surface area contributed by atoms with E-state index in [1.54, 1.807) is 9.13 Å². The van der Waals surface area contributed by atoms with Gasteiger partial charge in [-0.1, -0.05) is 36.8 Å². The molecule has 1 aromatic carbocycles. The van der Waals surface area contributed by atoms with E-state index >= 15 is 0 Å². The lowest BCUT2D eigenvalue weighted by molar-refractivity contribution is 0.624. The van der Waals surface area contributed by atoms with E-state index in [0.29, 0.717) is 6.54 Å². The number of nitrogens with zero attached hydrogens (tertiary/aromatic N) is 2. The Labute approximate surface area is 101 Å². The highest BCUT2D eigenvalue weighted by atomic mass is 16.1. The summed E-state index contributed by atoms with van der Waals surface area (Å²) in [4.78, 5) is 12.0. The molecule has 0 aliphatic heterocycles. The Morgan fingerprint density at radius 1 is 1.06 bits per heavy atom. The molecule has 90 valence electrons. The number of hydrogen-bond donors (Lipinski definition) is 0. The molecule has 17 heavy (non-hydrogen) atoms. The van der Waals surface area contributed by atoms with Crippen molar-refractivity contribution < 1.29 is 0 Å². The van der Waals surface area contributed by atoms with Crippen LogP contribution in [0.4, 0.5) is 0 Å². The quantitative estimate of drug-likeness (QED) is 0.792. The van der Waals surface area contributed by atoms with Crippen molar-refractivity contribution in [2.24, 2.45) is 0 Å². The van der Waals surface area contributed by atoms with Crippen LogP contribution < -0.4 is 5.69 Å². The lowest BCUT2D eigenvalue weighted by Crippen LogP contribution is -2.24. The molecule has 0 aliphatic carbocycles. The topological polar surface area (TPSA) is 26.9 Å². The smallest absolute Gasteiger partial charge is 0.299 e.